The summed E-state index contributed by atoms with van der Waals surface area (Å²) in [5.74, 6) is -1.89. The van der Waals surface area contributed by atoms with E-state index >= 15 is 0 Å². The van der Waals surface area contributed by atoms with E-state index in [2.05, 4.69) is 10.6 Å². The Morgan fingerprint density at radius 2 is 1.73 bits per heavy atom. The second kappa shape index (κ2) is 9.04. The first-order chi connectivity index (χ1) is 10.4. The van der Waals surface area contributed by atoms with Crippen molar-refractivity contribution in [2.45, 2.75) is 32.2 Å². The molecule has 0 fully saturated rings. The molecule has 0 spiro atoms. The van der Waals surface area contributed by atoms with Crippen LogP contribution >= 0.6 is 11.6 Å². The maximum Gasteiger partial charge on any atom is 0.330 e. The van der Waals surface area contributed by atoms with Crippen molar-refractivity contribution >= 4 is 29.4 Å². The van der Waals surface area contributed by atoms with Crippen LogP contribution in [0, 0.1) is 0 Å². The van der Waals surface area contributed by atoms with E-state index in [9.17, 15) is 19.5 Å². The van der Waals surface area contributed by atoms with E-state index in [1.165, 1.54) is 12.1 Å². The number of benzene rings is 1. The van der Waals surface area contributed by atoms with Gasteiger partial charge in [0.25, 0.3) is 0 Å². The van der Waals surface area contributed by atoms with Crippen LogP contribution in [-0.2, 0) is 14.4 Å². The molecule has 0 aliphatic heterocycles. The smallest absolute Gasteiger partial charge is 0.330 e. The molecule has 0 radical (unpaired) electrons. The molecule has 7 heteroatoms. The zero-order valence-electron chi connectivity index (χ0n) is 12.3. The molecule has 22 heavy (non-hydrogen) atoms. The first-order valence-corrected chi connectivity index (χ1v) is 7.36. The van der Waals surface area contributed by atoms with E-state index in [1.807, 2.05) is 6.92 Å². The quantitative estimate of drug-likeness (QED) is 0.679. The number of rotatable bonds is 8. The minimum atomic E-state index is -1.17. The molecule has 6 nitrogen and oxygen atoms in total. The number of carbonyl (C=O) groups is 3. The fourth-order valence-corrected chi connectivity index (χ4v) is 1.88. The summed E-state index contributed by atoms with van der Waals surface area (Å²) in [4.78, 5) is 34.5. The summed E-state index contributed by atoms with van der Waals surface area (Å²) in [6.07, 6.45) is 0.779. The van der Waals surface area contributed by atoms with E-state index in [4.69, 9.17) is 11.6 Å². The van der Waals surface area contributed by atoms with E-state index in [0.29, 0.717) is 17.1 Å². The summed E-state index contributed by atoms with van der Waals surface area (Å²) in [5, 5.41) is 14.7. The molecule has 0 aromatic heterocycles. The lowest BCUT2D eigenvalue weighted by molar-refractivity contribution is -0.142. The van der Waals surface area contributed by atoms with Gasteiger partial charge in [-0.3, -0.25) is 9.59 Å². The van der Waals surface area contributed by atoms with Crippen LogP contribution in [0.3, 0.4) is 0 Å². The fraction of sp³-hybridized carbons (Fsp3) is 0.400. The maximum atomic E-state index is 11.8. The molecule has 120 valence electrons. The molecule has 2 amide bonds. The third-order valence-corrected chi connectivity index (χ3v) is 3.16. The van der Waals surface area contributed by atoms with Crippen LogP contribution in [0.1, 0.15) is 37.8 Å². The van der Waals surface area contributed by atoms with Crippen LogP contribution in [-0.4, -0.2) is 29.4 Å². The van der Waals surface area contributed by atoms with Gasteiger partial charge in [0.2, 0.25) is 11.8 Å². The van der Waals surface area contributed by atoms with Gasteiger partial charge in [-0.2, -0.15) is 0 Å². The van der Waals surface area contributed by atoms with E-state index in [0.717, 1.165) is 6.42 Å². The van der Waals surface area contributed by atoms with Crippen LogP contribution in [0.15, 0.2) is 24.3 Å². The second-order valence-electron chi connectivity index (χ2n) is 4.74. The molecule has 1 rings (SSSR count). The van der Waals surface area contributed by atoms with Crippen molar-refractivity contribution in [2.75, 3.05) is 6.54 Å². The minimum Gasteiger partial charge on any atom is -0.479 e. The zero-order chi connectivity index (χ0) is 16.5. The molecule has 0 heterocycles. The first kappa shape index (κ1) is 18.0. The Kier molecular flexibility index (Phi) is 7.39. The Hall–Kier alpha value is -2.08. The summed E-state index contributed by atoms with van der Waals surface area (Å²) >= 11 is 5.75. The number of hydrogen-bond donors (Lipinski definition) is 3. The number of hydrogen-bond acceptors (Lipinski definition) is 3. The minimum absolute atomic E-state index is 0.0266. The van der Waals surface area contributed by atoms with Gasteiger partial charge in [0.1, 0.15) is 0 Å². The van der Waals surface area contributed by atoms with E-state index in [1.54, 1.807) is 12.1 Å². The average Bonchev–Trinajstić information content (AvgIpc) is 2.49. The molecule has 0 saturated carbocycles. The van der Waals surface area contributed by atoms with Crippen molar-refractivity contribution in [1.82, 2.24) is 10.6 Å². The molecule has 1 atom stereocenters. The van der Waals surface area contributed by atoms with Crippen LogP contribution in [0.2, 0.25) is 5.02 Å². The highest BCUT2D eigenvalue weighted by molar-refractivity contribution is 6.30. The third-order valence-electron chi connectivity index (χ3n) is 2.91. The summed E-state index contributed by atoms with van der Waals surface area (Å²) in [7, 11) is 0. The Balaban J connectivity index is 2.56. The number of halogens is 1. The number of carbonyl (C=O) groups excluding carboxylic acids is 2. The SMILES string of the molecule is CCCNC(=O)CCC(=O)NC(C(=O)O)c1ccc(Cl)cc1. The maximum absolute atomic E-state index is 11.8. The van der Waals surface area contributed by atoms with Gasteiger partial charge in [0.05, 0.1) is 0 Å². The second-order valence-corrected chi connectivity index (χ2v) is 5.18. The molecule has 0 aliphatic carbocycles. The molecule has 0 bridgehead atoms. The van der Waals surface area contributed by atoms with Gasteiger partial charge < -0.3 is 15.7 Å². The van der Waals surface area contributed by atoms with Crippen molar-refractivity contribution in [1.29, 1.82) is 0 Å². The van der Waals surface area contributed by atoms with Gasteiger partial charge in [-0.15, -0.1) is 0 Å². The first-order valence-electron chi connectivity index (χ1n) is 6.98. The van der Waals surface area contributed by atoms with Gasteiger partial charge in [-0.1, -0.05) is 30.7 Å². The average molecular weight is 327 g/mol. The van der Waals surface area contributed by atoms with E-state index < -0.39 is 17.9 Å². The molecule has 1 unspecified atom stereocenters. The van der Waals surface area contributed by atoms with Crippen LogP contribution in [0.25, 0.3) is 0 Å². The van der Waals surface area contributed by atoms with Crippen LogP contribution in [0.5, 0.6) is 0 Å². The molecule has 0 aliphatic rings. The number of carboxylic acids is 1. The standard InChI is InChI=1S/C15H19ClN2O4/c1-2-9-17-12(19)7-8-13(20)18-14(15(21)22)10-3-5-11(16)6-4-10/h3-6,14H,2,7-9H2,1H3,(H,17,19)(H,18,20)(H,21,22). The number of nitrogens with one attached hydrogen (secondary N) is 2. The molecule has 1 aromatic carbocycles. The molecule has 0 saturated heterocycles. The fourth-order valence-electron chi connectivity index (χ4n) is 1.76. The summed E-state index contributed by atoms with van der Waals surface area (Å²) in [5.41, 5.74) is 0.417. The summed E-state index contributed by atoms with van der Waals surface area (Å²) < 4.78 is 0. The predicted molar refractivity (Wildman–Crippen MR) is 82.5 cm³/mol. The Morgan fingerprint density at radius 1 is 1.14 bits per heavy atom. The van der Waals surface area contributed by atoms with Gasteiger partial charge >= 0.3 is 5.97 Å². The number of amides is 2. The van der Waals surface area contributed by atoms with Gasteiger partial charge in [0, 0.05) is 24.4 Å². The van der Waals surface area contributed by atoms with Gasteiger partial charge in [-0.05, 0) is 24.1 Å². The third kappa shape index (κ3) is 6.13. The van der Waals surface area contributed by atoms with Crippen LogP contribution in [0.4, 0.5) is 0 Å². The number of carboxylic acid groups (broad SMARTS) is 1. The van der Waals surface area contributed by atoms with E-state index in [-0.39, 0.29) is 18.7 Å². The summed E-state index contributed by atoms with van der Waals surface area (Å²) in [6, 6.07) is 5.02. The van der Waals surface area contributed by atoms with Crippen molar-refractivity contribution in [3.8, 4) is 0 Å². The molecular formula is C15H19ClN2O4. The van der Waals surface area contributed by atoms with Gasteiger partial charge in [-0.25, -0.2) is 4.79 Å². The van der Waals surface area contributed by atoms with Gasteiger partial charge in [0.15, 0.2) is 6.04 Å². The highest BCUT2D eigenvalue weighted by atomic mass is 35.5. The number of aliphatic carboxylic acids is 1. The Morgan fingerprint density at radius 3 is 2.27 bits per heavy atom. The monoisotopic (exact) mass is 326 g/mol. The van der Waals surface area contributed by atoms with Crippen molar-refractivity contribution in [3.63, 3.8) is 0 Å². The highest BCUT2D eigenvalue weighted by Gasteiger charge is 2.22. The lowest BCUT2D eigenvalue weighted by Crippen LogP contribution is -2.34. The Labute approximate surface area is 133 Å². The molecule has 1 aromatic rings. The van der Waals surface area contributed by atoms with Crippen molar-refractivity contribution < 1.29 is 19.5 Å². The summed E-state index contributed by atoms with van der Waals surface area (Å²) in [6.45, 7) is 2.49. The normalized spacial score (nSPS) is 11.5. The highest BCUT2D eigenvalue weighted by Crippen LogP contribution is 2.17. The zero-order valence-corrected chi connectivity index (χ0v) is 13.0. The van der Waals surface area contributed by atoms with Crippen molar-refractivity contribution in [3.05, 3.63) is 34.9 Å². The molecular weight excluding hydrogens is 308 g/mol. The topological polar surface area (TPSA) is 95.5 Å². The molecule has 3 N–H and O–H groups in total. The van der Waals surface area contributed by atoms with Crippen molar-refractivity contribution in [2.24, 2.45) is 0 Å². The lowest BCUT2D eigenvalue weighted by atomic mass is 10.1. The predicted octanol–water partition coefficient (Wildman–Crippen LogP) is 1.89. The largest absolute Gasteiger partial charge is 0.479 e. The lowest BCUT2D eigenvalue weighted by Gasteiger charge is -2.15. The Bertz CT molecular complexity index is 531. The van der Waals surface area contributed by atoms with Crippen LogP contribution < -0.4 is 10.6 Å².